The number of carbonyl (C=O) groups excluding carboxylic acids is 4. The minimum atomic E-state index is -1.29. The summed E-state index contributed by atoms with van der Waals surface area (Å²) in [7, 11) is 3.44. The Labute approximate surface area is 202 Å². The van der Waals surface area contributed by atoms with Crippen LogP contribution in [0.25, 0.3) is 0 Å². The molecular weight excluding hydrogens is 446 g/mol. The normalized spacial score (nSPS) is 22.4. The van der Waals surface area contributed by atoms with Gasteiger partial charge in [-0.1, -0.05) is 41.5 Å². The van der Waals surface area contributed by atoms with Crippen LogP contribution in [0.4, 0.5) is 0 Å². The fraction of sp³-hybridized carbons (Fsp3) is 0.833. The second kappa shape index (κ2) is 14.3. The largest absolute Gasteiger partial charge is 0.462 e. The van der Waals surface area contributed by atoms with E-state index in [-0.39, 0.29) is 50.2 Å². The van der Waals surface area contributed by atoms with Gasteiger partial charge in [-0.2, -0.15) is 0 Å². The molecular formula is C24H41NO9. The fourth-order valence-electron chi connectivity index (χ4n) is 3.24. The Morgan fingerprint density at radius 1 is 0.706 bits per heavy atom. The highest BCUT2D eigenvalue weighted by Crippen LogP contribution is 2.30. The van der Waals surface area contributed by atoms with Crippen molar-refractivity contribution in [3.05, 3.63) is 0 Å². The molecule has 1 fully saturated rings. The first-order valence-corrected chi connectivity index (χ1v) is 11.8. The topological polar surface area (TPSA) is 118 Å². The summed E-state index contributed by atoms with van der Waals surface area (Å²) in [6, 6.07) is 0. The van der Waals surface area contributed by atoms with Gasteiger partial charge in [-0.05, 0) is 31.8 Å². The molecule has 0 aliphatic carbocycles. The van der Waals surface area contributed by atoms with E-state index in [9.17, 15) is 19.2 Å². The minimum Gasteiger partial charge on any atom is -0.462 e. The quantitative estimate of drug-likeness (QED) is 0.283. The van der Waals surface area contributed by atoms with E-state index in [4.69, 9.17) is 23.7 Å². The highest BCUT2D eigenvalue weighted by Gasteiger charge is 2.52. The van der Waals surface area contributed by atoms with Gasteiger partial charge in [-0.3, -0.25) is 24.1 Å². The Hall–Kier alpha value is -2.20. The average molecular weight is 488 g/mol. The van der Waals surface area contributed by atoms with E-state index in [2.05, 4.69) is 0 Å². The van der Waals surface area contributed by atoms with Crippen molar-refractivity contribution >= 4 is 23.9 Å². The van der Waals surface area contributed by atoms with Gasteiger partial charge in [-0.15, -0.1) is 0 Å². The molecule has 0 aromatic rings. The standard InChI is InChI=1S/C24H41NO9/c1-14(2)9-18(26)32-22-17(13-30-21(29)12-25(7)8)31-24(34-20(28)11-16(5)6)23(22)33-19(27)10-15(3)4/h14-17,22-24H,9-13H2,1-8H3/t17-,22-,23-,24+/m1/s1. The molecule has 0 N–H and O–H groups in total. The number of likely N-dealkylation sites (N-methyl/N-ethyl adjacent to an activating group) is 1. The zero-order valence-corrected chi connectivity index (χ0v) is 21.7. The molecule has 1 aliphatic heterocycles. The lowest BCUT2D eigenvalue weighted by atomic mass is 10.1. The van der Waals surface area contributed by atoms with E-state index in [1.54, 1.807) is 19.0 Å². The number of rotatable bonds is 13. The summed E-state index contributed by atoms with van der Waals surface area (Å²) in [4.78, 5) is 51.0. The van der Waals surface area contributed by atoms with Crippen molar-refractivity contribution in [2.24, 2.45) is 17.8 Å². The molecule has 0 radical (unpaired) electrons. The van der Waals surface area contributed by atoms with Crippen molar-refractivity contribution in [2.75, 3.05) is 27.2 Å². The highest BCUT2D eigenvalue weighted by molar-refractivity contribution is 5.72. The van der Waals surface area contributed by atoms with Gasteiger partial charge in [0.25, 0.3) is 0 Å². The Kier molecular flexibility index (Phi) is 12.5. The molecule has 0 saturated carbocycles. The molecule has 196 valence electrons. The highest BCUT2D eigenvalue weighted by atomic mass is 16.8. The Bertz CT molecular complexity index is 690. The molecule has 1 heterocycles. The molecule has 0 aromatic carbocycles. The molecule has 0 amide bonds. The lowest BCUT2D eigenvalue weighted by Crippen LogP contribution is -2.43. The summed E-state index contributed by atoms with van der Waals surface area (Å²) in [5, 5.41) is 0. The van der Waals surface area contributed by atoms with E-state index in [1.165, 1.54) is 0 Å². The van der Waals surface area contributed by atoms with Gasteiger partial charge in [0.2, 0.25) is 12.4 Å². The molecule has 34 heavy (non-hydrogen) atoms. The van der Waals surface area contributed by atoms with Gasteiger partial charge in [0, 0.05) is 19.3 Å². The zero-order valence-electron chi connectivity index (χ0n) is 21.7. The number of carbonyl (C=O) groups is 4. The number of hydrogen-bond donors (Lipinski definition) is 0. The van der Waals surface area contributed by atoms with Crippen LogP contribution in [0.5, 0.6) is 0 Å². The number of hydrogen-bond acceptors (Lipinski definition) is 10. The van der Waals surface area contributed by atoms with Crippen LogP contribution in [0.1, 0.15) is 60.8 Å². The first kappa shape index (κ1) is 29.8. The van der Waals surface area contributed by atoms with Gasteiger partial charge < -0.3 is 23.7 Å². The van der Waals surface area contributed by atoms with E-state index >= 15 is 0 Å². The van der Waals surface area contributed by atoms with Crippen LogP contribution in [0.3, 0.4) is 0 Å². The molecule has 10 heteroatoms. The van der Waals surface area contributed by atoms with Crippen molar-refractivity contribution in [1.82, 2.24) is 4.90 Å². The van der Waals surface area contributed by atoms with Gasteiger partial charge in [-0.25, -0.2) is 0 Å². The van der Waals surface area contributed by atoms with Crippen LogP contribution in [-0.2, 0) is 42.9 Å². The summed E-state index contributed by atoms with van der Waals surface area (Å²) in [5.74, 6) is -2.00. The number of nitrogens with zero attached hydrogens (tertiary/aromatic N) is 1. The molecule has 10 nitrogen and oxygen atoms in total. The Balaban J connectivity index is 3.13. The smallest absolute Gasteiger partial charge is 0.320 e. The average Bonchev–Trinajstić information content (AvgIpc) is 2.93. The lowest BCUT2D eigenvalue weighted by Gasteiger charge is -2.25. The van der Waals surface area contributed by atoms with E-state index in [0.717, 1.165) is 0 Å². The third-order valence-electron chi connectivity index (χ3n) is 4.63. The van der Waals surface area contributed by atoms with Crippen LogP contribution in [0.2, 0.25) is 0 Å². The summed E-state index contributed by atoms with van der Waals surface area (Å²) in [5.41, 5.74) is 0. The summed E-state index contributed by atoms with van der Waals surface area (Å²) in [6.07, 6.45) is -4.17. The lowest BCUT2D eigenvalue weighted by molar-refractivity contribution is -0.200. The first-order chi connectivity index (χ1) is 15.8. The summed E-state index contributed by atoms with van der Waals surface area (Å²) < 4.78 is 27.8. The maximum absolute atomic E-state index is 12.5. The Morgan fingerprint density at radius 3 is 1.59 bits per heavy atom. The number of ether oxygens (including phenoxy) is 5. The molecule has 0 bridgehead atoms. The van der Waals surface area contributed by atoms with Crippen molar-refractivity contribution in [3.8, 4) is 0 Å². The van der Waals surface area contributed by atoms with Crippen LogP contribution in [0.15, 0.2) is 0 Å². The maximum Gasteiger partial charge on any atom is 0.320 e. The molecule has 0 unspecified atom stereocenters. The molecule has 0 spiro atoms. The molecule has 0 aromatic heterocycles. The third-order valence-corrected chi connectivity index (χ3v) is 4.63. The van der Waals surface area contributed by atoms with Crippen LogP contribution in [-0.4, -0.2) is 80.6 Å². The predicted octanol–water partition coefficient (Wildman–Crippen LogP) is 2.32. The molecule has 4 atom stereocenters. The van der Waals surface area contributed by atoms with Gasteiger partial charge in [0.05, 0.1) is 6.54 Å². The van der Waals surface area contributed by atoms with Crippen LogP contribution >= 0.6 is 0 Å². The molecule has 1 aliphatic rings. The summed E-state index contributed by atoms with van der Waals surface area (Å²) >= 11 is 0. The Morgan fingerprint density at radius 2 is 1.15 bits per heavy atom. The number of esters is 4. The first-order valence-electron chi connectivity index (χ1n) is 11.8. The minimum absolute atomic E-state index is 0.0292. The monoisotopic (exact) mass is 487 g/mol. The predicted molar refractivity (Wildman–Crippen MR) is 122 cm³/mol. The van der Waals surface area contributed by atoms with Gasteiger partial charge in [0.1, 0.15) is 12.7 Å². The van der Waals surface area contributed by atoms with Gasteiger partial charge in [0.15, 0.2) is 6.10 Å². The zero-order chi connectivity index (χ0) is 26.0. The van der Waals surface area contributed by atoms with Crippen LogP contribution in [0, 0.1) is 17.8 Å². The maximum atomic E-state index is 12.5. The SMILES string of the molecule is CC(C)CC(=O)O[C@@H]1O[C@H](COC(=O)CN(C)C)[C@@H](OC(=O)CC(C)C)[C@H]1OC(=O)CC(C)C. The molecule has 1 saturated heterocycles. The van der Waals surface area contributed by atoms with E-state index < -0.39 is 48.5 Å². The fourth-order valence-corrected chi connectivity index (χ4v) is 3.24. The third kappa shape index (κ3) is 11.3. The van der Waals surface area contributed by atoms with Crippen molar-refractivity contribution < 1.29 is 42.9 Å². The second-order valence-corrected chi connectivity index (χ2v) is 10.2. The van der Waals surface area contributed by atoms with Gasteiger partial charge >= 0.3 is 23.9 Å². The van der Waals surface area contributed by atoms with E-state index in [1.807, 2.05) is 41.5 Å². The van der Waals surface area contributed by atoms with Crippen molar-refractivity contribution in [1.29, 1.82) is 0 Å². The van der Waals surface area contributed by atoms with Crippen molar-refractivity contribution in [2.45, 2.75) is 85.4 Å². The summed E-state index contributed by atoms with van der Waals surface area (Å²) in [6.45, 7) is 11.0. The second-order valence-electron chi connectivity index (χ2n) is 10.2. The molecule has 1 rings (SSSR count). The van der Waals surface area contributed by atoms with Crippen molar-refractivity contribution in [3.63, 3.8) is 0 Å². The van der Waals surface area contributed by atoms with E-state index in [0.29, 0.717) is 0 Å². The van der Waals surface area contributed by atoms with Crippen LogP contribution < -0.4 is 0 Å².